The Balaban J connectivity index is 1.53. The maximum Gasteiger partial charge on any atom is 0.256 e. The molecule has 3 heteroatoms. The van der Waals surface area contributed by atoms with Crippen LogP contribution in [0, 0.1) is 0 Å². The molecular formula is C17H15NO2. The Kier molecular flexibility index (Phi) is 3.61. The van der Waals surface area contributed by atoms with Crippen molar-refractivity contribution in [3.8, 4) is 0 Å². The molecule has 0 unspecified atom stereocenters. The number of nitrogens with one attached hydrogen (secondary N) is 1. The quantitative estimate of drug-likeness (QED) is 0.864. The predicted molar refractivity (Wildman–Crippen MR) is 77.7 cm³/mol. The van der Waals surface area contributed by atoms with Crippen LogP contribution >= 0.6 is 0 Å². The number of epoxide rings is 1. The van der Waals surface area contributed by atoms with Crippen LogP contribution in [0.5, 0.6) is 0 Å². The second kappa shape index (κ2) is 5.72. The van der Waals surface area contributed by atoms with Gasteiger partial charge in [-0.1, -0.05) is 60.7 Å². The van der Waals surface area contributed by atoms with Gasteiger partial charge in [-0.25, -0.2) is 0 Å². The highest BCUT2D eigenvalue weighted by Crippen LogP contribution is 2.38. The van der Waals surface area contributed by atoms with Gasteiger partial charge in [0.2, 0.25) is 0 Å². The molecule has 0 bridgehead atoms. The molecule has 1 amide bonds. The van der Waals surface area contributed by atoms with Crippen LogP contribution in [0.25, 0.3) is 6.08 Å². The zero-order valence-corrected chi connectivity index (χ0v) is 10.9. The molecule has 1 aliphatic heterocycles. The van der Waals surface area contributed by atoms with Crippen molar-refractivity contribution in [1.82, 2.24) is 5.32 Å². The summed E-state index contributed by atoms with van der Waals surface area (Å²) in [6, 6.07) is 19.6. The minimum Gasteiger partial charge on any atom is -0.354 e. The first kappa shape index (κ1) is 12.6. The largest absolute Gasteiger partial charge is 0.354 e. The monoisotopic (exact) mass is 265 g/mol. The van der Waals surface area contributed by atoms with Crippen molar-refractivity contribution in [2.24, 2.45) is 0 Å². The van der Waals surface area contributed by atoms with Gasteiger partial charge in [0.15, 0.2) is 6.10 Å². The van der Waals surface area contributed by atoms with E-state index in [1.165, 1.54) is 0 Å². The minimum atomic E-state index is -0.377. The van der Waals surface area contributed by atoms with Gasteiger partial charge < -0.3 is 10.1 Å². The molecule has 1 saturated heterocycles. The average molecular weight is 265 g/mol. The molecule has 1 N–H and O–H groups in total. The topological polar surface area (TPSA) is 41.6 Å². The second-order valence-corrected chi connectivity index (χ2v) is 4.64. The molecule has 100 valence electrons. The summed E-state index contributed by atoms with van der Waals surface area (Å²) >= 11 is 0. The first-order valence-electron chi connectivity index (χ1n) is 6.57. The Labute approximate surface area is 117 Å². The molecule has 0 aromatic heterocycles. The Morgan fingerprint density at radius 3 is 2.35 bits per heavy atom. The fourth-order valence-corrected chi connectivity index (χ4v) is 2.07. The third-order valence-electron chi connectivity index (χ3n) is 3.18. The van der Waals surface area contributed by atoms with E-state index in [0.29, 0.717) is 0 Å². The van der Waals surface area contributed by atoms with E-state index in [0.717, 1.165) is 11.1 Å². The van der Waals surface area contributed by atoms with Gasteiger partial charge in [-0.3, -0.25) is 4.79 Å². The average Bonchev–Trinajstić information content (AvgIpc) is 3.30. The molecule has 1 aliphatic rings. The molecule has 2 aromatic carbocycles. The zero-order chi connectivity index (χ0) is 13.8. The van der Waals surface area contributed by atoms with Crippen LogP contribution in [0.4, 0.5) is 0 Å². The van der Waals surface area contributed by atoms with E-state index in [2.05, 4.69) is 5.32 Å². The van der Waals surface area contributed by atoms with E-state index in [4.69, 9.17) is 4.74 Å². The Hall–Kier alpha value is -2.39. The fraction of sp³-hybridized carbons (Fsp3) is 0.118. The Morgan fingerprint density at radius 2 is 1.65 bits per heavy atom. The van der Waals surface area contributed by atoms with Gasteiger partial charge in [-0.15, -0.1) is 0 Å². The summed E-state index contributed by atoms with van der Waals surface area (Å²) in [5.41, 5.74) is 2.09. The number of hydrogen-bond donors (Lipinski definition) is 1. The molecule has 3 nitrogen and oxygen atoms in total. The van der Waals surface area contributed by atoms with Gasteiger partial charge in [0.05, 0.1) is 0 Å². The summed E-state index contributed by atoms with van der Waals surface area (Å²) in [4.78, 5) is 11.9. The van der Waals surface area contributed by atoms with E-state index in [-0.39, 0.29) is 18.1 Å². The fourth-order valence-electron chi connectivity index (χ4n) is 2.07. The highest BCUT2D eigenvalue weighted by atomic mass is 16.6. The molecule has 20 heavy (non-hydrogen) atoms. The lowest BCUT2D eigenvalue weighted by molar-refractivity contribution is -0.121. The van der Waals surface area contributed by atoms with Crippen LogP contribution in [0.3, 0.4) is 0 Å². The third-order valence-corrected chi connectivity index (χ3v) is 3.18. The van der Waals surface area contributed by atoms with Gasteiger partial charge in [0.1, 0.15) is 6.10 Å². The highest BCUT2D eigenvalue weighted by Gasteiger charge is 2.45. The van der Waals surface area contributed by atoms with Crippen molar-refractivity contribution >= 4 is 12.0 Å². The van der Waals surface area contributed by atoms with Crippen molar-refractivity contribution in [3.05, 3.63) is 78.0 Å². The number of benzene rings is 2. The first-order chi connectivity index (χ1) is 9.84. The van der Waals surface area contributed by atoms with Crippen LogP contribution < -0.4 is 5.32 Å². The van der Waals surface area contributed by atoms with Crippen LogP contribution in [-0.2, 0) is 9.53 Å². The van der Waals surface area contributed by atoms with Crippen LogP contribution in [-0.4, -0.2) is 12.0 Å². The lowest BCUT2D eigenvalue weighted by Crippen LogP contribution is -2.23. The second-order valence-electron chi connectivity index (χ2n) is 4.64. The van der Waals surface area contributed by atoms with Crippen molar-refractivity contribution in [2.75, 3.05) is 0 Å². The molecule has 0 spiro atoms. The lowest BCUT2D eigenvalue weighted by atomic mass is 10.1. The van der Waals surface area contributed by atoms with E-state index in [1.54, 1.807) is 6.20 Å². The number of amides is 1. The van der Waals surface area contributed by atoms with Gasteiger partial charge in [0, 0.05) is 6.20 Å². The maximum atomic E-state index is 11.9. The standard InChI is InChI=1S/C17H15NO2/c19-17(18-12-11-13-7-3-1-4-8-13)16-15(20-16)14-9-5-2-6-10-14/h1-12,15-16H,(H,18,19)/b12-11-/t15-,16-/m1/s1. The molecule has 1 fully saturated rings. The number of hydrogen-bond acceptors (Lipinski definition) is 2. The van der Waals surface area contributed by atoms with E-state index in [9.17, 15) is 4.79 Å². The number of carbonyl (C=O) groups is 1. The van der Waals surface area contributed by atoms with Crippen molar-refractivity contribution < 1.29 is 9.53 Å². The molecule has 0 aliphatic carbocycles. The minimum absolute atomic E-state index is 0.106. The van der Waals surface area contributed by atoms with Gasteiger partial charge in [-0.2, -0.15) is 0 Å². The van der Waals surface area contributed by atoms with Crippen LogP contribution in [0.1, 0.15) is 17.2 Å². The summed E-state index contributed by atoms with van der Waals surface area (Å²) in [7, 11) is 0. The predicted octanol–water partition coefficient (Wildman–Crippen LogP) is 2.91. The maximum absolute atomic E-state index is 11.9. The van der Waals surface area contributed by atoms with Gasteiger partial charge in [-0.05, 0) is 17.2 Å². The van der Waals surface area contributed by atoms with Gasteiger partial charge >= 0.3 is 0 Å². The summed E-state index contributed by atoms with van der Waals surface area (Å²) in [5, 5.41) is 2.75. The lowest BCUT2D eigenvalue weighted by Gasteiger charge is -1.97. The Morgan fingerprint density at radius 1 is 1.00 bits per heavy atom. The number of carbonyl (C=O) groups excluding carboxylic acids is 1. The van der Waals surface area contributed by atoms with E-state index in [1.807, 2.05) is 66.7 Å². The number of ether oxygens (including phenoxy) is 1. The van der Waals surface area contributed by atoms with Gasteiger partial charge in [0.25, 0.3) is 5.91 Å². The SMILES string of the molecule is O=C(N/C=C\c1ccccc1)[C@@H]1O[C@@H]1c1ccccc1. The zero-order valence-electron chi connectivity index (χ0n) is 10.9. The van der Waals surface area contributed by atoms with E-state index >= 15 is 0 Å². The Bertz CT molecular complexity index is 607. The highest BCUT2D eigenvalue weighted by molar-refractivity contribution is 5.85. The third kappa shape index (κ3) is 2.95. The summed E-state index contributed by atoms with van der Waals surface area (Å²) in [6.45, 7) is 0. The summed E-state index contributed by atoms with van der Waals surface area (Å²) in [6.07, 6.45) is 3.03. The summed E-state index contributed by atoms with van der Waals surface area (Å²) < 4.78 is 5.42. The first-order valence-corrected chi connectivity index (χ1v) is 6.57. The van der Waals surface area contributed by atoms with Crippen molar-refractivity contribution in [2.45, 2.75) is 12.2 Å². The normalized spacial score (nSPS) is 20.8. The smallest absolute Gasteiger partial charge is 0.256 e. The molecule has 2 aromatic rings. The van der Waals surface area contributed by atoms with E-state index < -0.39 is 0 Å². The molecular weight excluding hydrogens is 250 g/mol. The number of rotatable bonds is 4. The van der Waals surface area contributed by atoms with Crippen LogP contribution in [0.2, 0.25) is 0 Å². The van der Waals surface area contributed by atoms with Crippen molar-refractivity contribution in [3.63, 3.8) is 0 Å². The molecule has 1 heterocycles. The molecule has 0 saturated carbocycles. The van der Waals surface area contributed by atoms with Crippen molar-refractivity contribution in [1.29, 1.82) is 0 Å². The molecule has 3 rings (SSSR count). The molecule has 2 atom stereocenters. The van der Waals surface area contributed by atoms with Crippen LogP contribution in [0.15, 0.2) is 66.9 Å². The molecule has 0 radical (unpaired) electrons. The summed E-state index contributed by atoms with van der Waals surface area (Å²) in [5.74, 6) is -0.106.